The van der Waals surface area contributed by atoms with E-state index in [1.165, 1.54) is 11.8 Å². The van der Waals surface area contributed by atoms with Crippen molar-refractivity contribution < 1.29 is 9.59 Å². The van der Waals surface area contributed by atoms with Crippen LogP contribution in [0.2, 0.25) is 0 Å². The number of primary amides is 1. The minimum absolute atomic E-state index is 0.0164. The average Bonchev–Trinajstić information content (AvgIpc) is 3.20. The summed E-state index contributed by atoms with van der Waals surface area (Å²) in [7, 11) is 0. The molecule has 0 saturated carbocycles. The fraction of sp³-hybridized carbons (Fsp3) is 0.435. The van der Waals surface area contributed by atoms with Crippen molar-refractivity contribution in [1.82, 2.24) is 24.5 Å². The van der Waals surface area contributed by atoms with E-state index < -0.39 is 0 Å². The zero-order valence-electron chi connectivity index (χ0n) is 19.2. The summed E-state index contributed by atoms with van der Waals surface area (Å²) in [6.45, 7) is 6.30. The van der Waals surface area contributed by atoms with Crippen molar-refractivity contribution in [2.45, 2.75) is 44.8 Å². The molecule has 3 heterocycles. The summed E-state index contributed by atoms with van der Waals surface area (Å²) in [5, 5.41) is 8.12. The number of aromatic nitrogens is 4. The SMILES string of the molecule is CSc1nc2nc(C)c(CC(=O)Nc3cccc(CN4CCC(C(N)=O)CC4)c3)c(C)n2n1. The van der Waals surface area contributed by atoms with Gasteiger partial charge in [-0.05, 0) is 63.7 Å². The van der Waals surface area contributed by atoms with Gasteiger partial charge in [0.15, 0.2) is 0 Å². The second-order valence-electron chi connectivity index (χ2n) is 8.45. The molecular weight excluding hydrogens is 438 g/mol. The number of likely N-dealkylation sites (tertiary alicyclic amines) is 1. The Morgan fingerprint density at radius 3 is 2.67 bits per heavy atom. The molecule has 0 spiro atoms. The summed E-state index contributed by atoms with van der Waals surface area (Å²) < 4.78 is 1.70. The molecule has 0 unspecified atom stereocenters. The van der Waals surface area contributed by atoms with Crippen LogP contribution in [-0.2, 0) is 22.6 Å². The Morgan fingerprint density at radius 1 is 1.21 bits per heavy atom. The molecule has 0 radical (unpaired) electrons. The maximum atomic E-state index is 12.8. The largest absolute Gasteiger partial charge is 0.369 e. The normalized spacial score (nSPS) is 15.1. The molecule has 10 heteroatoms. The van der Waals surface area contributed by atoms with Gasteiger partial charge in [-0.15, -0.1) is 5.10 Å². The number of anilines is 1. The molecule has 0 atom stereocenters. The molecule has 4 rings (SSSR count). The molecule has 3 N–H and O–H groups in total. The molecule has 1 aliphatic heterocycles. The van der Waals surface area contributed by atoms with Crippen molar-refractivity contribution in [3.8, 4) is 0 Å². The summed E-state index contributed by atoms with van der Waals surface area (Å²) in [6, 6.07) is 7.89. The molecule has 0 aliphatic carbocycles. The molecule has 1 aliphatic rings. The van der Waals surface area contributed by atoms with Gasteiger partial charge in [-0.25, -0.2) is 9.50 Å². The van der Waals surface area contributed by atoms with Crippen LogP contribution in [0.1, 0.15) is 35.4 Å². The molecule has 2 aromatic heterocycles. The molecule has 1 saturated heterocycles. The smallest absolute Gasteiger partial charge is 0.253 e. The number of nitrogens with one attached hydrogen (secondary N) is 1. The van der Waals surface area contributed by atoms with Crippen LogP contribution in [0.5, 0.6) is 0 Å². The molecule has 3 aromatic rings. The Kier molecular flexibility index (Phi) is 6.94. The van der Waals surface area contributed by atoms with Crippen molar-refractivity contribution >= 4 is 35.0 Å². The zero-order chi connectivity index (χ0) is 23.5. The Bertz CT molecular complexity index is 1190. The standard InChI is InChI=1S/C23H29N7O2S/c1-14-19(15(2)30-22(25-14)27-23(28-30)33-3)12-20(31)26-18-6-4-5-16(11-18)13-29-9-7-17(8-10-29)21(24)32/h4-6,11,17H,7-10,12-13H2,1-3H3,(H2,24,32)(H,26,31). The number of benzene rings is 1. The van der Waals surface area contributed by atoms with E-state index in [0.29, 0.717) is 10.9 Å². The fourth-order valence-corrected chi connectivity index (χ4v) is 4.62. The van der Waals surface area contributed by atoms with Gasteiger partial charge in [0.25, 0.3) is 5.78 Å². The summed E-state index contributed by atoms with van der Waals surface area (Å²) in [4.78, 5) is 35.4. The molecule has 33 heavy (non-hydrogen) atoms. The van der Waals surface area contributed by atoms with Gasteiger partial charge in [0, 0.05) is 35.1 Å². The molecular formula is C23H29N7O2S. The van der Waals surface area contributed by atoms with E-state index in [1.807, 2.05) is 38.3 Å². The Labute approximate surface area is 197 Å². The first kappa shape index (κ1) is 23.2. The van der Waals surface area contributed by atoms with Crippen molar-refractivity contribution in [3.63, 3.8) is 0 Å². The predicted octanol–water partition coefficient (Wildman–Crippen LogP) is 2.34. The first-order chi connectivity index (χ1) is 15.8. The van der Waals surface area contributed by atoms with E-state index in [1.54, 1.807) is 4.52 Å². The number of nitrogens with two attached hydrogens (primary N) is 1. The second kappa shape index (κ2) is 9.88. The lowest BCUT2D eigenvalue weighted by atomic mass is 9.96. The van der Waals surface area contributed by atoms with Gasteiger partial charge >= 0.3 is 0 Å². The van der Waals surface area contributed by atoms with Crippen LogP contribution in [0.25, 0.3) is 5.78 Å². The number of rotatable bonds is 7. The van der Waals surface area contributed by atoms with E-state index in [-0.39, 0.29) is 24.2 Å². The van der Waals surface area contributed by atoms with Crippen LogP contribution >= 0.6 is 11.8 Å². The monoisotopic (exact) mass is 467 g/mol. The second-order valence-corrected chi connectivity index (χ2v) is 9.22. The highest BCUT2D eigenvalue weighted by Crippen LogP contribution is 2.21. The number of fused-ring (bicyclic) bond motifs is 1. The highest BCUT2D eigenvalue weighted by molar-refractivity contribution is 7.98. The topological polar surface area (TPSA) is 119 Å². The number of piperidine rings is 1. The fourth-order valence-electron chi connectivity index (χ4n) is 4.28. The van der Waals surface area contributed by atoms with Crippen LogP contribution < -0.4 is 11.1 Å². The van der Waals surface area contributed by atoms with E-state index >= 15 is 0 Å². The molecule has 0 bridgehead atoms. The maximum Gasteiger partial charge on any atom is 0.253 e. The minimum atomic E-state index is -0.201. The van der Waals surface area contributed by atoms with E-state index in [9.17, 15) is 9.59 Å². The van der Waals surface area contributed by atoms with Crippen molar-refractivity contribution in [1.29, 1.82) is 0 Å². The summed E-state index contributed by atoms with van der Waals surface area (Å²) in [5.74, 6) is 0.225. The number of aryl methyl sites for hydroxylation is 2. The Morgan fingerprint density at radius 2 is 1.97 bits per heavy atom. The number of nitrogens with zero attached hydrogens (tertiary/aromatic N) is 5. The molecule has 2 amide bonds. The van der Waals surface area contributed by atoms with Gasteiger partial charge in [-0.2, -0.15) is 4.98 Å². The van der Waals surface area contributed by atoms with Crippen molar-refractivity contribution in [2.75, 3.05) is 24.7 Å². The number of hydrogen-bond acceptors (Lipinski definition) is 7. The first-order valence-corrected chi connectivity index (χ1v) is 12.2. The highest BCUT2D eigenvalue weighted by atomic mass is 32.2. The molecule has 1 aromatic carbocycles. The van der Waals surface area contributed by atoms with Crippen LogP contribution in [0.3, 0.4) is 0 Å². The summed E-state index contributed by atoms with van der Waals surface area (Å²) in [6.07, 6.45) is 3.72. The number of carbonyl (C=O) groups excluding carboxylic acids is 2. The molecule has 9 nitrogen and oxygen atoms in total. The van der Waals surface area contributed by atoms with Gasteiger partial charge in [-0.1, -0.05) is 23.9 Å². The van der Waals surface area contributed by atoms with E-state index in [2.05, 4.69) is 31.3 Å². The molecule has 1 fully saturated rings. The minimum Gasteiger partial charge on any atom is -0.369 e. The lowest BCUT2D eigenvalue weighted by molar-refractivity contribution is -0.123. The van der Waals surface area contributed by atoms with Crippen LogP contribution in [0.4, 0.5) is 5.69 Å². The number of thioether (sulfide) groups is 1. The first-order valence-electron chi connectivity index (χ1n) is 11.0. The summed E-state index contributed by atoms with van der Waals surface area (Å²) in [5.41, 5.74) is 9.81. The number of carbonyl (C=O) groups is 2. The van der Waals surface area contributed by atoms with Crippen LogP contribution in [0.15, 0.2) is 29.4 Å². The van der Waals surface area contributed by atoms with Gasteiger partial charge in [0.1, 0.15) is 0 Å². The highest BCUT2D eigenvalue weighted by Gasteiger charge is 2.23. The maximum absolute atomic E-state index is 12.8. The van der Waals surface area contributed by atoms with Crippen molar-refractivity contribution in [3.05, 3.63) is 46.8 Å². The van der Waals surface area contributed by atoms with E-state index in [0.717, 1.165) is 60.7 Å². The van der Waals surface area contributed by atoms with E-state index in [4.69, 9.17) is 5.73 Å². The Balaban J connectivity index is 1.41. The van der Waals surface area contributed by atoms with Gasteiger partial charge in [-0.3, -0.25) is 14.5 Å². The third-order valence-electron chi connectivity index (χ3n) is 6.16. The van der Waals surface area contributed by atoms with Gasteiger partial charge < -0.3 is 11.1 Å². The average molecular weight is 468 g/mol. The lowest BCUT2D eigenvalue weighted by Crippen LogP contribution is -2.38. The number of amides is 2. The van der Waals surface area contributed by atoms with Crippen LogP contribution in [-0.4, -0.2) is 55.6 Å². The third kappa shape index (κ3) is 5.33. The Hall–Kier alpha value is -2.98. The summed E-state index contributed by atoms with van der Waals surface area (Å²) >= 11 is 1.46. The quantitative estimate of drug-likeness (QED) is 0.512. The third-order valence-corrected chi connectivity index (χ3v) is 6.69. The zero-order valence-corrected chi connectivity index (χ0v) is 20.0. The predicted molar refractivity (Wildman–Crippen MR) is 128 cm³/mol. The van der Waals surface area contributed by atoms with Gasteiger partial charge in [0.2, 0.25) is 17.0 Å². The van der Waals surface area contributed by atoms with Crippen LogP contribution in [0, 0.1) is 19.8 Å². The number of hydrogen-bond donors (Lipinski definition) is 2. The molecule has 174 valence electrons. The lowest BCUT2D eigenvalue weighted by Gasteiger charge is -2.30. The van der Waals surface area contributed by atoms with Crippen molar-refractivity contribution in [2.24, 2.45) is 11.7 Å². The van der Waals surface area contributed by atoms with Gasteiger partial charge in [0.05, 0.1) is 6.42 Å².